The van der Waals surface area contributed by atoms with Crippen LogP contribution in [-0.4, -0.2) is 28.2 Å². The van der Waals surface area contributed by atoms with Crippen molar-refractivity contribution in [3.8, 4) is 0 Å². The van der Waals surface area contributed by atoms with Gasteiger partial charge in [0.1, 0.15) is 17.0 Å². The zero-order valence-corrected chi connectivity index (χ0v) is 11.6. The van der Waals surface area contributed by atoms with E-state index in [1.54, 1.807) is 17.7 Å². The Morgan fingerprint density at radius 1 is 1.33 bits per heavy atom. The molecule has 0 radical (unpaired) electrons. The zero-order valence-electron chi connectivity index (χ0n) is 10.8. The summed E-state index contributed by atoms with van der Waals surface area (Å²) >= 11 is 1.61. The van der Waals surface area contributed by atoms with Gasteiger partial charge in [0, 0.05) is 12.0 Å². The van der Waals surface area contributed by atoms with Crippen molar-refractivity contribution in [1.82, 2.24) is 9.97 Å². The topological polar surface area (TPSA) is 58.0 Å². The first kappa shape index (κ1) is 13.2. The first-order valence-electron chi connectivity index (χ1n) is 6.27. The van der Waals surface area contributed by atoms with Crippen LogP contribution in [-0.2, 0) is 0 Å². The average molecular weight is 265 g/mol. The van der Waals surface area contributed by atoms with Crippen LogP contribution in [0.5, 0.6) is 0 Å². The van der Waals surface area contributed by atoms with E-state index in [9.17, 15) is 5.11 Å². The number of hydrogen-bond acceptors (Lipinski definition) is 5. The number of aliphatic hydroxyl groups excluding tert-OH is 1. The zero-order chi connectivity index (χ0) is 13.0. The molecule has 0 saturated heterocycles. The number of rotatable bonds is 6. The van der Waals surface area contributed by atoms with Crippen molar-refractivity contribution in [2.24, 2.45) is 5.41 Å². The van der Waals surface area contributed by atoms with Crippen LogP contribution in [0.25, 0.3) is 10.2 Å². The van der Waals surface area contributed by atoms with Crippen LogP contribution < -0.4 is 5.32 Å². The van der Waals surface area contributed by atoms with E-state index in [2.05, 4.69) is 29.1 Å². The van der Waals surface area contributed by atoms with Crippen LogP contribution in [0.4, 0.5) is 5.82 Å². The van der Waals surface area contributed by atoms with Gasteiger partial charge in [-0.15, -0.1) is 11.3 Å². The minimum absolute atomic E-state index is 0.0622. The summed E-state index contributed by atoms with van der Waals surface area (Å²) in [5, 5.41) is 16.0. The van der Waals surface area contributed by atoms with Gasteiger partial charge in [-0.2, -0.15) is 0 Å². The molecule has 0 aromatic carbocycles. The van der Waals surface area contributed by atoms with Crippen LogP contribution in [0.3, 0.4) is 0 Å². The summed E-state index contributed by atoms with van der Waals surface area (Å²) in [4.78, 5) is 9.51. The summed E-state index contributed by atoms with van der Waals surface area (Å²) in [6, 6.07) is 2.03. The molecule has 4 nitrogen and oxygen atoms in total. The van der Waals surface area contributed by atoms with Gasteiger partial charge in [-0.3, -0.25) is 0 Å². The van der Waals surface area contributed by atoms with Gasteiger partial charge in [0.2, 0.25) is 0 Å². The molecule has 0 unspecified atom stereocenters. The highest BCUT2D eigenvalue weighted by atomic mass is 32.1. The molecule has 2 rings (SSSR count). The van der Waals surface area contributed by atoms with Crippen molar-refractivity contribution in [3.05, 3.63) is 17.8 Å². The largest absolute Gasteiger partial charge is 0.396 e. The lowest BCUT2D eigenvalue weighted by atomic mass is 9.83. The van der Waals surface area contributed by atoms with Crippen molar-refractivity contribution >= 4 is 27.4 Å². The lowest BCUT2D eigenvalue weighted by Gasteiger charge is -2.29. The highest BCUT2D eigenvalue weighted by Crippen LogP contribution is 2.28. The average Bonchev–Trinajstić information content (AvgIpc) is 2.90. The van der Waals surface area contributed by atoms with Crippen LogP contribution in [0, 0.1) is 5.41 Å². The Labute approximate surface area is 111 Å². The van der Waals surface area contributed by atoms with E-state index in [4.69, 9.17) is 0 Å². The Hall–Kier alpha value is -1.20. The predicted octanol–water partition coefficient (Wildman–Crippen LogP) is 2.90. The summed E-state index contributed by atoms with van der Waals surface area (Å²) in [5.74, 6) is 0.862. The lowest BCUT2D eigenvalue weighted by molar-refractivity contribution is 0.127. The van der Waals surface area contributed by atoms with Gasteiger partial charge in [0.05, 0.1) is 12.0 Å². The van der Waals surface area contributed by atoms with Crippen LogP contribution in [0.15, 0.2) is 17.8 Å². The third-order valence-electron chi connectivity index (χ3n) is 3.73. The maximum atomic E-state index is 9.56. The molecule has 0 fully saturated rings. The molecule has 98 valence electrons. The minimum atomic E-state index is -0.0622. The molecule has 0 aliphatic carbocycles. The molecular formula is C13H19N3OS. The van der Waals surface area contributed by atoms with Gasteiger partial charge in [-0.05, 0) is 24.3 Å². The van der Waals surface area contributed by atoms with Gasteiger partial charge in [0.25, 0.3) is 0 Å². The van der Waals surface area contributed by atoms with Crippen LogP contribution in [0.2, 0.25) is 0 Å². The Balaban J connectivity index is 2.17. The molecule has 18 heavy (non-hydrogen) atoms. The Kier molecular flexibility index (Phi) is 4.14. The third kappa shape index (κ3) is 2.47. The molecule has 2 N–H and O–H groups in total. The summed E-state index contributed by atoms with van der Waals surface area (Å²) in [7, 11) is 0. The van der Waals surface area contributed by atoms with Crippen LogP contribution in [0.1, 0.15) is 26.7 Å². The summed E-state index contributed by atoms with van der Waals surface area (Å²) in [6.45, 7) is 5.16. The standard InChI is InChI=1S/C13H19N3OS/c1-3-13(4-2,8-17)7-14-11-10-5-6-18-12(10)16-9-15-11/h5-6,9,17H,3-4,7-8H2,1-2H3,(H,14,15,16). The normalized spacial score (nSPS) is 11.9. The molecule has 0 atom stereocenters. The van der Waals surface area contributed by atoms with E-state index in [-0.39, 0.29) is 12.0 Å². The highest BCUT2D eigenvalue weighted by molar-refractivity contribution is 7.16. The van der Waals surface area contributed by atoms with Crippen molar-refractivity contribution in [2.75, 3.05) is 18.5 Å². The predicted molar refractivity (Wildman–Crippen MR) is 76.0 cm³/mol. The second-order valence-electron chi connectivity index (χ2n) is 4.58. The molecule has 5 heteroatoms. The Morgan fingerprint density at radius 2 is 2.11 bits per heavy atom. The van der Waals surface area contributed by atoms with Crippen LogP contribution >= 0.6 is 11.3 Å². The summed E-state index contributed by atoms with van der Waals surface area (Å²) < 4.78 is 0. The van der Waals surface area contributed by atoms with E-state index in [0.29, 0.717) is 0 Å². The fourth-order valence-electron chi connectivity index (χ4n) is 1.98. The smallest absolute Gasteiger partial charge is 0.138 e. The molecule has 0 saturated carbocycles. The number of fused-ring (bicyclic) bond motifs is 1. The van der Waals surface area contributed by atoms with E-state index in [1.807, 2.05) is 11.4 Å². The van der Waals surface area contributed by atoms with Crippen molar-refractivity contribution in [1.29, 1.82) is 0 Å². The maximum Gasteiger partial charge on any atom is 0.138 e. The second kappa shape index (κ2) is 5.63. The Bertz CT molecular complexity index is 499. The number of thiophene rings is 1. The van der Waals surface area contributed by atoms with Gasteiger partial charge < -0.3 is 10.4 Å². The number of anilines is 1. The molecule has 0 bridgehead atoms. The van der Waals surface area contributed by atoms with Crippen molar-refractivity contribution < 1.29 is 5.11 Å². The molecule has 0 aliphatic heterocycles. The summed E-state index contributed by atoms with van der Waals surface area (Å²) in [6.07, 6.45) is 3.48. The van der Waals surface area contributed by atoms with Crippen molar-refractivity contribution in [3.63, 3.8) is 0 Å². The minimum Gasteiger partial charge on any atom is -0.396 e. The van der Waals surface area contributed by atoms with E-state index in [0.717, 1.165) is 35.4 Å². The molecular weight excluding hydrogens is 246 g/mol. The number of aliphatic hydroxyl groups is 1. The number of nitrogens with zero attached hydrogens (tertiary/aromatic N) is 2. The van der Waals surface area contributed by atoms with Gasteiger partial charge >= 0.3 is 0 Å². The first-order chi connectivity index (χ1) is 8.74. The number of aromatic nitrogens is 2. The molecule has 0 aliphatic rings. The van der Waals surface area contributed by atoms with Gasteiger partial charge in [-0.1, -0.05) is 13.8 Å². The van der Waals surface area contributed by atoms with E-state index in [1.165, 1.54) is 0 Å². The lowest BCUT2D eigenvalue weighted by Crippen LogP contribution is -2.32. The SMILES string of the molecule is CCC(CC)(CO)CNc1ncnc2sccc12. The fraction of sp³-hybridized carbons (Fsp3) is 0.538. The van der Waals surface area contributed by atoms with Gasteiger partial charge in [-0.25, -0.2) is 9.97 Å². The molecule has 2 aromatic heterocycles. The maximum absolute atomic E-state index is 9.56. The van der Waals surface area contributed by atoms with Crippen molar-refractivity contribution in [2.45, 2.75) is 26.7 Å². The van der Waals surface area contributed by atoms with Gasteiger partial charge in [0.15, 0.2) is 0 Å². The first-order valence-corrected chi connectivity index (χ1v) is 7.15. The second-order valence-corrected chi connectivity index (χ2v) is 5.48. The fourth-order valence-corrected chi connectivity index (χ4v) is 2.71. The molecule has 0 amide bonds. The van der Waals surface area contributed by atoms with E-state index < -0.39 is 0 Å². The molecule has 2 heterocycles. The summed E-state index contributed by atoms with van der Waals surface area (Å²) in [5.41, 5.74) is -0.0622. The highest BCUT2D eigenvalue weighted by Gasteiger charge is 2.25. The molecule has 2 aromatic rings. The number of hydrogen-bond donors (Lipinski definition) is 2. The monoisotopic (exact) mass is 265 g/mol. The van der Waals surface area contributed by atoms with E-state index >= 15 is 0 Å². The number of nitrogens with one attached hydrogen (secondary N) is 1. The quantitative estimate of drug-likeness (QED) is 0.843. The third-order valence-corrected chi connectivity index (χ3v) is 4.55. The molecule has 0 spiro atoms. The Morgan fingerprint density at radius 3 is 2.78 bits per heavy atom.